The molecular weight excluding hydrogens is 469 g/mol. The van der Waals surface area contributed by atoms with Crippen LogP contribution in [0.3, 0.4) is 0 Å². The molecule has 0 radical (unpaired) electrons. The van der Waals surface area contributed by atoms with Crippen molar-refractivity contribution in [3.05, 3.63) is 58.3 Å². The molecule has 1 aromatic carbocycles. The van der Waals surface area contributed by atoms with E-state index < -0.39 is 17.6 Å². The van der Waals surface area contributed by atoms with Crippen LogP contribution < -0.4 is 16.0 Å². The Morgan fingerprint density at radius 2 is 1.85 bits per heavy atom. The number of nitrogen functional groups attached to an aromatic ring is 1. The number of carbonyl (C=O) groups is 1. The van der Waals surface area contributed by atoms with Crippen molar-refractivity contribution in [1.82, 2.24) is 4.98 Å². The summed E-state index contributed by atoms with van der Waals surface area (Å²) in [7, 11) is 0. The highest BCUT2D eigenvalue weighted by atomic mass is 32.1. The molecule has 0 aliphatic rings. The lowest BCUT2D eigenvalue weighted by atomic mass is 10.1. The maximum absolute atomic E-state index is 13.9. The Bertz CT molecular complexity index is 1280. The van der Waals surface area contributed by atoms with Gasteiger partial charge in [0.2, 0.25) is 0 Å². The Morgan fingerprint density at radius 1 is 1.15 bits per heavy atom. The monoisotopic (exact) mass is 490 g/mol. The molecule has 0 bridgehead atoms. The summed E-state index contributed by atoms with van der Waals surface area (Å²) >= 11 is 2.15. The maximum Gasteiger partial charge on any atom is 0.417 e. The van der Waals surface area contributed by atoms with Gasteiger partial charge in [0.1, 0.15) is 9.71 Å². The van der Waals surface area contributed by atoms with Gasteiger partial charge in [-0.05, 0) is 55.6 Å². The van der Waals surface area contributed by atoms with E-state index in [0.717, 1.165) is 36.2 Å². The molecule has 1 amide bonds. The van der Waals surface area contributed by atoms with E-state index in [1.807, 2.05) is 12.1 Å². The molecule has 4 aromatic rings. The molecule has 10 heteroatoms. The number of hydrogen-bond acceptors (Lipinski definition) is 6. The van der Waals surface area contributed by atoms with Crippen LogP contribution >= 0.6 is 22.7 Å². The van der Waals surface area contributed by atoms with Crippen molar-refractivity contribution in [2.45, 2.75) is 20.0 Å². The summed E-state index contributed by atoms with van der Waals surface area (Å²) in [6.45, 7) is 5.80. The van der Waals surface area contributed by atoms with Gasteiger partial charge in [-0.3, -0.25) is 4.79 Å². The molecule has 4 rings (SSSR count). The number of benzene rings is 1. The lowest BCUT2D eigenvalue weighted by molar-refractivity contribution is -0.136. The zero-order valence-electron chi connectivity index (χ0n) is 17.9. The molecule has 0 atom stereocenters. The first-order chi connectivity index (χ1) is 15.7. The highest BCUT2D eigenvalue weighted by molar-refractivity contribution is 7.21. The Balaban J connectivity index is 1.71. The van der Waals surface area contributed by atoms with Crippen LogP contribution in [0.25, 0.3) is 20.8 Å². The lowest BCUT2D eigenvalue weighted by Crippen LogP contribution is -2.21. The van der Waals surface area contributed by atoms with E-state index in [2.05, 4.69) is 29.0 Å². The smallest absolute Gasteiger partial charge is 0.397 e. The number of nitrogens with zero attached hydrogens (tertiary/aromatic N) is 2. The van der Waals surface area contributed by atoms with Crippen LogP contribution in [-0.4, -0.2) is 24.0 Å². The summed E-state index contributed by atoms with van der Waals surface area (Å²) in [5.74, 6) is -0.572. The second-order valence-electron chi connectivity index (χ2n) is 7.23. The second kappa shape index (κ2) is 9.03. The van der Waals surface area contributed by atoms with Crippen molar-refractivity contribution >= 4 is 55.9 Å². The van der Waals surface area contributed by atoms with Crippen LogP contribution in [0.15, 0.2) is 47.8 Å². The number of fused-ring (bicyclic) bond motifs is 1. The third-order valence-electron chi connectivity index (χ3n) is 5.24. The van der Waals surface area contributed by atoms with E-state index >= 15 is 0 Å². The quantitative estimate of drug-likeness (QED) is 0.315. The molecule has 0 aliphatic carbocycles. The highest BCUT2D eigenvalue weighted by Gasteiger charge is 2.36. The third-order valence-corrected chi connectivity index (χ3v) is 7.23. The lowest BCUT2D eigenvalue weighted by Gasteiger charge is -2.21. The summed E-state index contributed by atoms with van der Waals surface area (Å²) < 4.78 is 41.6. The zero-order valence-corrected chi connectivity index (χ0v) is 19.5. The van der Waals surface area contributed by atoms with Crippen LogP contribution in [0.4, 0.5) is 30.2 Å². The van der Waals surface area contributed by atoms with Gasteiger partial charge in [-0.1, -0.05) is 6.07 Å². The third kappa shape index (κ3) is 4.53. The van der Waals surface area contributed by atoms with Crippen LogP contribution in [0, 0.1) is 0 Å². The predicted molar refractivity (Wildman–Crippen MR) is 130 cm³/mol. The number of rotatable bonds is 6. The molecule has 3 heterocycles. The number of aromatic nitrogens is 1. The summed E-state index contributed by atoms with van der Waals surface area (Å²) in [5, 5.41) is 4.25. The molecule has 3 N–H and O–H groups in total. The van der Waals surface area contributed by atoms with Crippen molar-refractivity contribution < 1.29 is 18.0 Å². The van der Waals surface area contributed by atoms with Crippen molar-refractivity contribution in [2.24, 2.45) is 0 Å². The summed E-state index contributed by atoms with van der Waals surface area (Å²) in [5.41, 5.74) is 6.69. The van der Waals surface area contributed by atoms with Gasteiger partial charge < -0.3 is 16.0 Å². The fraction of sp³-hybridized carbons (Fsp3) is 0.217. The van der Waals surface area contributed by atoms with Gasteiger partial charge in [-0.2, -0.15) is 13.2 Å². The number of nitrogens with one attached hydrogen (secondary N) is 1. The molecular formula is C23H21F3N4OS2. The topological polar surface area (TPSA) is 71.2 Å². The fourth-order valence-corrected chi connectivity index (χ4v) is 5.30. The van der Waals surface area contributed by atoms with E-state index in [0.29, 0.717) is 10.6 Å². The Kier molecular flexibility index (Phi) is 6.31. The summed E-state index contributed by atoms with van der Waals surface area (Å²) in [6, 6.07) is 11.7. The molecule has 0 unspecified atom stereocenters. The first-order valence-corrected chi connectivity index (χ1v) is 11.9. The number of nitrogens with two attached hydrogens (primary N) is 1. The van der Waals surface area contributed by atoms with Crippen molar-refractivity contribution in [2.75, 3.05) is 29.0 Å². The molecule has 33 heavy (non-hydrogen) atoms. The van der Waals surface area contributed by atoms with Crippen LogP contribution in [0.2, 0.25) is 0 Å². The number of halogens is 3. The molecule has 5 nitrogen and oxygen atoms in total. The molecule has 0 aliphatic heterocycles. The molecule has 3 aromatic heterocycles. The van der Waals surface area contributed by atoms with Gasteiger partial charge in [0.15, 0.2) is 0 Å². The van der Waals surface area contributed by atoms with Gasteiger partial charge in [-0.25, -0.2) is 4.98 Å². The number of carbonyl (C=O) groups excluding carboxylic acids is 1. The molecule has 0 fully saturated rings. The minimum Gasteiger partial charge on any atom is -0.397 e. The van der Waals surface area contributed by atoms with Crippen molar-refractivity contribution in [3.8, 4) is 10.6 Å². The van der Waals surface area contributed by atoms with Gasteiger partial charge in [-0.15, -0.1) is 22.7 Å². The Labute approximate surface area is 196 Å². The standard InChI is InChI=1S/C23H21F3N4OS2/c1-3-30(4-2)14-9-7-13(8-10-14)28-21(31)20-19(27)18-15(23(24,25)26)12-16(29-22(18)33-20)17-6-5-11-32-17/h5-12H,3-4,27H2,1-2H3,(H,28,31). The van der Waals surface area contributed by atoms with Gasteiger partial charge >= 0.3 is 6.18 Å². The number of amides is 1. The summed E-state index contributed by atoms with van der Waals surface area (Å²) in [4.78, 5) is 20.1. The number of anilines is 3. The minimum atomic E-state index is -4.64. The van der Waals surface area contributed by atoms with Gasteiger partial charge in [0.25, 0.3) is 5.91 Å². The van der Waals surface area contributed by atoms with Gasteiger partial charge in [0, 0.05) is 29.9 Å². The number of hydrogen-bond donors (Lipinski definition) is 2. The van der Waals surface area contributed by atoms with Crippen molar-refractivity contribution in [3.63, 3.8) is 0 Å². The average molecular weight is 491 g/mol. The van der Waals surface area contributed by atoms with Crippen molar-refractivity contribution in [1.29, 1.82) is 0 Å². The largest absolute Gasteiger partial charge is 0.417 e. The Morgan fingerprint density at radius 3 is 2.42 bits per heavy atom. The van der Waals surface area contributed by atoms with E-state index in [1.165, 1.54) is 11.3 Å². The van der Waals surface area contributed by atoms with Crippen LogP contribution in [-0.2, 0) is 6.18 Å². The SMILES string of the molecule is CCN(CC)c1ccc(NC(=O)c2sc3nc(-c4cccs4)cc(C(F)(F)F)c3c2N)cc1. The Hall–Kier alpha value is -3.11. The first-order valence-electron chi connectivity index (χ1n) is 10.2. The minimum absolute atomic E-state index is 0.000788. The number of alkyl halides is 3. The second-order valence-corrected chi connectivity index (χ2v) is 9.18. The number of pyridine rings is 1. The average Bonchev–Trinajstić information content (AvgIpc) is 3.43. The molecule has 172 valence electrons. The highest BCUT2D eigenvalue weighted by Crippen LogP contribution is 2.44. The van der Waals surface area contributed by atoms with Crippen LogP contribution in [0.5, 0.6) is 0 Å². The molecule has 0 spiro atoms. The normalized spacial score (nSPS) is 11.7. The van der Waals surface area contributed by atoms with E-state index in [-0.39, 0.29) is 26.5 Å². The van der Waals surface area contributed by atoms with E-state index in [9.17, 15) is 18.0 Å². The first kappa shape index (κ1) is 23.1. The predicted octanol–water partition coefficient (Wildman–Crippen LogP) is 6.72. The molecule has 0 saturated carbocycles. The maximum atomic E-state index is 13.9. The summed E-state index contributed by atoms with van der Waals surface area (Å²) in [6.07, 6.45) is -4.64. The van der Waals surface area contributed by atoms with Crippen LogP contribution in [0.1, 0.15) is 29.1 Å². The number of thiophene rings is 2. The van der Waals surface area contributed by atoms with E-state index in [1.54, 1.807) is 29.6 Å². The zero-order chi connectivity index (χ0) is 23.8. The molecule has 0 saturated heterocycles. The fourth-order valence-electron chi connectivity index (χ4n) is 3.60. The van der Waals surface area contributed by atoms with E-state index in [4.69, 9.17) is 5.73 Å². The van der Waals surface area contributed by atoms with Gasteiger partial charge in [0.05, 0.1) is 21.8 Å².